The molecule has 2 rings (SSSR count). The molecule has 0 aliphatic carbocycles. The largest absolute Gasteiger partial charge is 0.319 e. The van der Waals surface area contributed by atoms with Gasteiger partial charge in [-0.05, 0) is 55.3 Å². The summed E-state index contributed by atoms with van der Waals surface area (Å²) >= 11 is 9.79. The molecule has 0 saturated carbocycles. The van der Waals surface area contributed by atoms with Crippen molar-refractivity contribution in [2.24, 2.45) is 0 Å². The van der Waals surface area contributed by atoms with E-state index in [-0.39, 0.29) is 0 Å². The minimum Gasteiger partial charge on any atom is -0.319 e. The Labute approximate surface area is 134 Å². The lowest BCUT2D eigenvalue weighted by molar-refractivity contribution is 0.622. The maximum atomic E-state index is 6.13. The van der Waals surface area contributed by atoms with Crippen molar-refractivity contribution in [3.8, 4) is 0 Å². The molecule has 0 heterocycles. The van der Waals surface area contributed by atoms with Gasteiger partial charge in [-0.25, -0.2) is 0 Å². The van der Waals surface area contributed by atoms with E-state index in [0.717, 1.165) is 18.0 Å². The summed E-state index contributed by atoms with van der Waals surface area (Å²) < 4.78 is 1.17. The Morgan fingerprint density at radius 3 is 2.65 bits per heavy atom. The molecule has 0 unspecified atom stereocenters. The summed E-state index contributed by atoms with van der Waals surface area (Å²) in [6, 6.07) is 14.5. The van der Waals surface area contributed by atoms with E-state index < -0.39 is 0 Å². The molecule has 0 aliphatic rings. The van der Waals surface area contributed by atoms with Gasteiger partial charge in [-0.15, -0.1) is 0 Å². The van der Waals surface area contributed by atoms with Gasteiger partial charge in [0.1, 0.15) is 0 Å². The van der Waals surface area contributed by atoms with Crippen molar-refractivity contribution in [3.05, 3.63) is 68.7 Å². The van der Waals surface area contributed by atoms with Gasteiger partial charge in [0.15, 0.2) is 0 Å². The molecular formula is C17H19BrClN. The monoisotopic (exact) mass is 351 g/mol. The average molecular weight is 353 g/mol. The zero-order valence-electron chi connectivity index (χ0n) is 11.8. The van der Waals surface area contributed by atoms with E-state index in [1.807, 2.05) is 13.1 Å². The van der Waals surface area contributed by atoms with Crippen LogP contribution in [0.5, 0.6) is 0 Å². The van der Waals surface area contributed by atoms with Crippen LogP contribution in [0.25, 0.3) is 0 Å². The Hall–Kier alpha value is -0.830. The highest BCUT2D eigenvalue weighted by molar-refractivity contribution is 9.10. The molecule has 20 heavy (non-hydrogen) atoms. The molecule has 0 fully saturated rings. The van der Waals surface area contributed by atoms with Gasteiger partial charge < -0.3 is 5.32 Å². The Balaban J connectivity index is 2.30. The Kier molecular flexibility index (Phi) is 5.64. The third-order valence-corrected chi connectivity index (χ3v) is 4.53. The second kappa shape index (κ2) is 7.26. The second-order valence-corrected chi connectivity index (χ2v) is 6.34. The summed E-state index contributed by atoms with van der Waals surface area (Å²) in [5.74, 6) is 0.424. The summed E-state index contributed by atoms with van der Waals surface area (Å²) in [6.45, 7) is 3.08. The highest BCUT2D eigenvalue weighted by atomic mass is 79.9. The number of aryl methyl sites for hydroxylation is 1. The summed E-state index contributed by atoms with van der Waals surface area (Å²) in [7, 11) is 1.99. The van der Waals surface area contributed by atoms with Crippen LogP contribution >= 0.6 is 27.5 Å². The van der Waals surface area contributed by atoms with Gasteiger partial charge in [0.05, 0.1) is 0 Å². The molecule has 1 nitrogen and oxygen atoms in total. The molecule has 0 amide bonds. The molecule has 1 N–H and O–H groups in total. The van der Waals surface area contributed by atoms with Crippen LogP contribution < -0.4 is 5.32 Å². The quantitative estimate of drug-likeness (QED) is 0.802. The van der Waals surface area contributed by atoms with Crippen LogP contribution in [-0.2, 0) is 6.42 Å². The first-order chi connectivity index (χ1) is 9.61. The third-order valence-electron chi connectivity index (χ3n) is 3.57. The van der Waals surface area contributed by atoms with E-state index in [9.17, 15) is 0 Å². The number of likely N-dealkylation sites (N-methyl/N-ethyl adjacent to an activating group) is 1. The van der Waals surface area contributed by atoms with Gasteiger partial charge in [-0.1, -0.05) is 51.8 Å². The molecule has 1 atom stereocenters. The first kappa shape index (κ1) is 15.6. The van der Waals surface area contributed by atoms with Crippen molar-refractivity contribution in [1.82, 2.24) is 5.32 Å². The predicted molar refractivity (Wildman–Crippen MR) is 90.7 cm³/mol. The van der Waals surface area contributed by atoms with Crippen LogP contribution in [0.2, 0.25) is 5.02 Å². The standard InChI is InChI=1S/C17H19BrClN/c1-12-7-8-15(19)10-13(12)9-14(11-20-2)16-5-3-4-6-17(16)18/h3-8,10,14,20H,9,11H2,1-2H3/t14-/m0/s1. The molecule has 0 radical (unpaired) electrons. The second-order valence-electron chi connectivity index (χ2n) is 5.05. The van der Waals surface area contributed by atoms with E-state index in [2.05, 4.69) is 64.6 Å². The van der Waals surface area contributed by atoms with E-state index in [1.165, 1.54) is 21.2 Å². The van der Waals surface area contributed by atoms with Gasteiger partial charge in [0.25, 0.3) is 0 Å². The number of hydrogen-bond acceptors (Lipinski definition) is 1. The molecule has 106 valence electrons. The molecule has 0 saturated heterocycles. The Morgan fingerprint density at radius 1 is 1.20 bits per heavy atom. The van der Waals surface area contributed by atoms with Crippen LogP contribution in [0.3, 0.4) is 0 Å². The highest BCUT2D eigenvalue weighted by Crippen LogP contribution is 2.29. The van der Waals surface area contributed by atoms with E-state index in [0.29, 0.717) is 5.92 Å². The van der Waals surface area contributed by atoms with Crippen molar-refractivity contribution < 1.29 is 0 Å². The first-order valence-corrected chi connectivity index (χ1v) is 7.93. The van der Waals surface area contributed by atoms with Gasteiger partial charge in [-0.2, -0.15) is 0 Å². The lowest BCUT2D eigenvalue weighted by atomic mass is 9.90. The van der Waals surface area contributed by atoms with Gasteiger partial charge in [-0.3, -0.25) is 0 Å². The predicted octanol–water partition coefficient (Wildman–Crippen LogP) is 4.96. The topological polar surface area (TPSA) is 12.0 Å². The van der Waals surface area contributed by atoms with Crippen molar-refractivity contribution in [2.75, 3.05) is 13.6 Å². The fourth-order valence-electron chi connectivity index (χ4n) is 2.47. The first-order valence-electron chi connectivity index (χ1n) is 6.76. The maximum Gasteiger partial charge on any atom is 0.0408 e. The lowest BCUT2D eigenvalue weighted by Crippen LogP contribution is -2.20. The zero-order chi connectivity index (χ0) is 14.5. The average Bonchev–Trinajstić information content (AvgIpc) is 2.43. The number of rotatable bonds is 5. The molecule has 0 bridgehead atoms. The number of halogens is 2. The maximum absolute atomic E-state index is 6.13. The molecule has 2 aromatic carbocycles. The van der Waals surface area contributed by atoms with E-state index in [4.69, 9.17) is 11.6 Å². The molecule has 0 spiro atoms. The fraction of sp³-hybridized carbons (Fsp3) is 0.294. The normalized spacial score (nSPS) is 12.4. The minimum atomic E-state index is 0.424. The number of hydrogen-bond donors (Lipinski definition) is 1. The van der Waals surface area contributed by atoms with Gasteiger partial charge in [0, 0.05) is 22.0 Å². The summed E-state index contributed by atoms with van der Waals surface area (Å²) in [4.78, 5) is 0. The molecule has 3 heteroatoms. The van der Waals surface area contributed by atoms with Crippen LogP contribution in [0, 0.1) is 6.92 Å². The smallest absolute Gasteiger partial charge is 0.0408 e. The Morgan fingerprint density at radius 2 is 1.95 bits per heavy atom. The van der Waals surface area contributed by atoms with Crippen molar-refractivity contribution in [2.45, 2.75) is 19.3 Å². The lowest BCUT2D eigenvalue weighted by Gasteiger charge is -2.20. The van der Waals surface area contributed by atoms with Crippen LogP contribution in [-0.4, -0.2) is 13.6 Å². The zero-order valence-corrected chi connectivity index (χ0v) is 14.1. The molecule has 0 aromatic heterocycles. The third kappa shape index (κ3) is 3.85. The summed E-state index contributed by atoms with van der Waals surface area (Å²) in [5.41, 5.74) is 3.94. The van der Waals surface area contributed by atoms with Crippen molar-refractivity contribution in [3.63, 3.8) is 0 Å². The summed E-state index contributed by atoms with van der Waals surface area (Å²) in [6.07, 6.45) is 0.982. The molecular weight excluding hydrogens is 334 g/mol. The minimum absolute atomic E-state index is 0.424. The van der Waals surface area contributed by atoms with Crippen LogP contribution in [0.15, 0.2) is 46.9 Å². The van der Waals surface area contributed by atoms with Gasteiger partial charge in [0.2, 0.25) is 0 Å². The van der Waals surface area contributed by atoms with E-state index in [1.54, 1.807) is 0 Å². The van der Waals surface area contributed by atoms with Crippen LogP contribution in [0.4, 0.5) is 0 Å². The number of nitrogens with one attached hydrogen (secondary N) is 1. The number of benzene rings is 2. The fourth-order valence-corrected chi connectivity index (χ4v) is 3.27. The SMILES string of the molecule is CNC[C@H](Cc1cc(Cl)ccc1C)c1ccccc1Br. The van der Waals surface area contributed by atoms with Crippen LogP contribution in [0.1, 0.15) is 22.6 Å². The van der Waals surface area contributed by atoms with Gasteiger partial charge >= 0.3 is 0 Å². The molecule has 0 aliphatic heterocycles. The highest BCUT2D eigenvalue weighted by Gasteiger charge is 2.15. The Bertz CT molecular complexity index is 583. The van der Waals surface area contributed by atoms with E-state index >= 15 is 0 Å². The summed E-state index contributed by atoms with van der Waals surface area (Å²) in [5, 5.41) is 4.10. The van der Waals surface area contributed by atoms with Crippen molar-refractivity contribution in [1.29, 1.82) is 0 Å². The molecule has 2 aromatic rings. The van der Waals surface area contributed by atoms with Crippen molar-refractivity contribution >= 4 is 27.5 Å².